The smallest absolute Gasteiger partial charge is 0.0221 e. The summed E-state index contributed by atoms with van der Waals surface area (Å²) < 4.78 is 10.7. The van der Waals surface area contributed by atoms with Crippen molar-refractivity contribution >= 4 is 7.37 Å². The predicted molar refractivity (Wildman–Crippen MR) is 44.8 cm³/mol. The number of rotatable bonds is 4. The average Bonchev–Trinajstić information content (AvgIpc) is 1.91. The van der Waals surface area contributed by atoms with Crippen molar-refractivity contribution in [2.24, 2.45) is 5.84 Å². The van der Waals surface area contributed by atoms with E-state index in [1.54, 1.807) is 0 Å². The zero-order valence-electron chi connectivity index (χ0n) is 6.53. The molecule has 0 fully saturated rings. The first-order chi connectivity index (χ1) is 5.12. The molecule has 0 saturated carbocycles. The first-order valence-corrected chi connectivity index (χ1v) is 5.03. The van der Waals surface area contributed by atoms with E-state index in [1.807, 2.05) is 0 Å². The number of nitrogens with two attached hydrogens (primary N) is 1. The van der Waals surface area contributed by atoms with Gasteiger partial charge < -0.3 is 9.46 Å². The molecular formula is C6H15N2O2P. The van der Waals surface area contributed by atoms with Crippen LogP contribution >= 0.6 is 7.37 Å². The van der Waals surface area contributed by atoms with E-state index in [9.17, 15) is 9.46 Å². The highest BCUT2D eigenvalue weighted by Crippen LogP contribution is 2.34. The van der Waals surface area contributed by atoms with Gasteiger partial charge in [0.15, 0.2) is 0 Å². The lowest BCUT2D eigenvalue weighted by Gasteiger charge is -2.18. The summed E-state index contributed by atoms with van der Waals surface area (Å²) in [6.07, 6.45) is 2.91. The maximum absolute atomic E-state index is 10.7. The van der Waals surface area contributed by atoms with Gasteiger partial charge in [-0.05, 0) is 0 Å². The molecule has 5 heteroatoms. The van der Waals surface area contributed by atoms with E-state index in [0.29, 0.717) is 0 Å². The van der Waals surface area contributed by atoms with Gasteiger partial charge in [-0.3, -0.25) is 5.84 Å². The Morgan fingerprint density at radius 1 is 1.36 bits per heavy atom. The lowest BCUT2D eigenvalue weighted by molar-refractivity contribution is -0.379. The largest absolute Gasteiger partial charge is 0.799 e. The third-order valence-corrected chi connectivity index (χ3v) is 2.44. The van der Waals surface area contributed by atoms with Crippen LogP contribution in [0.5, 0.6) is 0 Å². The maximum Gasteiger partial charge on any atom is 0.0221 e. The number of quaternary nitrogens is 1. The Morgan fingerprint density at radius 2 is 1.64 bits per heavy atom. The molecule has 0 amide bonds. The van der Waals surface area contributed by atoms with Crippen LogP contribution in [-0.4, -0.2) is 12.3 Å². The van der Waals surface area contributed by atoms with Crippen LogP contribution in [0.2, 0.25) is 0 Å². The summed E-state index contributed by atoms with van der Waals surface area (Å²) in [6.45, 7) is 6.64. The Labute approximate surface area is 67.0 Å². The standard InChI is InChI=1S/C6H11O2P.H4N2/c1-3-5-9(7,8)6-4-2;1-2/h3-4H,1-2,5-6H2,(H,7,8);1-2H2. The van der Waals surface area contributed by atoms with Crippen LogP contribution in [0.4, 0.5) is 0 Å². The summed E-state index contributed by atoms with van der Waals surface area (Å²) in [5, 5.41) is 0. The predicted octanol–water partition coefficient (Wildman–Crippen LogP) is -0.901. The van der Waals surface area contributed by atoms with E-state index in [-0.39, 0.29) is 12.3 Å². The van der Waals surface area contributed by atoms with Crippen molar-refractivity contribution in [3.8, 4) is 0 Å². The first-order valence-electron chi connectivity index (χ1n) is 3.04. The molecule has 0 rings (SSSR count). The zero-order valence-corrected chi connectivity index (χ0v) is 7.43. The molecule has 0 bridgehead atoms. The Bertz CT molecular complexity index is 145. The van der Waals surface area contributed by atoms with Crippen molar-refractivity contribution in [2.75, 3.05) is 12.3 Å². The van der Waals surface area contributed by atoms with Crippen LogP contribution in [0.1, 0.15) is 0 Å². The van der Waals surface area contributed by atoms with E-state index in [0.717, 1.165) is 0 Å². The monoisotopic (exact) mass is 178 g/mol. The molecule has 0 spiro atoms. The molecule has 0 heterocycles. The van der Waals surface area contributed by atoms with Crippen molar-refractivity contribution in [3.05, 3.63) is 25.3 Å². The van der Waals surface area contributed by atoms with Crippen LogP contribution in [0.15, 0.2) is 25.3 Å². The van der Waals surface area contributed by atoms with Crippen molar-refractivity contribution in [1.29, 1.82) is 0 Å². The Kier molecular flexibility index (Phi) is 9.23. The molecule has 0 aromatic heterocycles. The second-order valence-corrected chi connectivity index (χ2v) is 4.12. The van der Waals surface area contributed by atoms with Crippen molar-refractivity contribution < 1.29 is 15.3 Å². The highest BCUT2D eigenvalue weighted by molar-refractivity contribution is 7.56. The fourth-order valence-electron chi connectivity index (χ4n) is 0.468. The number of hydrogen-bond donors (Lipinski definition) is 2. The van der Waals surface area contributed by atoms with Gasteiger partial charge in [-0.1, -0.05) is 12.2 Å². The van der Waals surface area contributed by atoms with Gasteiger partial charge in [-0.2, -0.15) is 5.84 Å². The minimum absolute atomic E-state index is 0.0685. The summed E-state index contributed by atoms with van der Waals surface area (Å²) in [4.78, 5) is 10.7. The molecule has 0 radical (unpaired) electrons. The van der Waals surface area contributed by atoms with Crippen LogP contribution in [0.25, 0.3) is 0 Å². The molecule has 66 valence electrons. The molecule has 0 aromatic rings. The molecule has 0 atom stereocenters. The molecule has 4 nitrogen and oxygen atoms in total. The van der Waals surface area contributed by atoms with Gasteiger partial charge in [0, 0.05) is 19.7 Å². The molecule has 0 aromatic carbocycles. The summed E-state index contributed by atoms with van der Waals surface area (Å²) in [5.74, 6) is 7.00. The fraction of sp³-hybridized carbons (Fsp3) is 0.333. The third kappa shape index (κ3) is 9.59. The Hall–Kier alpha value is -0.410. The molecular weight excluding hydrogens is 163 g/mol. The van der Waals surface area contributed by atoms with Crippen LogP contribution < -0.4 is 16.6 Å². The third-order valence-electron chi connectivity index (χ3n) is 0.815. The van der Waals surface area contributed by atoms with Crippen molar-refractivity contribution in [3.63, 3.8) is 0 Å². The van der Waals surface area contributed by atoms with Crippen LogP contribution in [0.3, 0.4) is 0 Å². The lowest BCUT2D eigenvalue weighted by atomic mass is 10.8. The van der Waals surface area contributed by atoms with Gasteiger partial charge >= 0.3 is 0 Å². The fourth-order valence-corrected chi connectivity index (χ4v) is 1.40. The molecule has 5 N–H and O–H groups in total. The van der Waals surface area contributed by atoms with E-state index < -0.39 is 7.37 Å². The molecule has 11 heavy (non-hydrogen) atoms. The summed E-state index contributed by atoms with van der Waals surface area (Å²) >= 11 is 0. The van der Waals surface area contributed by atoms with Gasteiger partial charge in [0.2, 0.25) is 0 Å². The summed E-state index contributed by atoms with van der Waals surface area (Å²) in [6, 6.07) is 0. The molecule has 0 saturated heterocycles. The van der Waals surface area contributed by atoms with Gasteiger partial charge in [0.05, 0.1) is 0 Å². The van der Waals surface area contributed by atoms with E-state index in [1.165, 1.54) is 12.2 Å². The Morgan fingerprint density at radius 3 is 1.82 bits per heavy atom. The lowest BCUT2D eigenvalue weighted by Crippen LogP contribution is -2.59. The SMILES string of the molecule is C=CCP(=O)([O-])CC=C.N[NH3+]. The highest BCUT2D eigenvalue weighted by atomic mass is 31.2. The van der Waals surface area contributed by atoms with Gasteiger partial charge in [0.25, 0.3) is 0 Å². The highest BCUT2D eigenvalue weighted by Gasteiger charge is 1.99. The van der Waals surface area contributed by atoms with Gasteiger partial charge in [-0.15, -0.1) is 13.2 Å². The normalized spacial score (nSPS) is 9.36. The minimum Gasteiger partial charge on any atom is -0.799 e. The van der Waals surface area contributed by atoms with E-state index >= 15 is 0 Å². The van der Waals surface area contributed by atoms with Crippen molar-refractivity contribution in [1.82, 2.24) is 0 Å². The summed E-state index contributed by atoms with van der Waals surface area (Å²) in [7, 11) is -3.18. The molecule has 0 aliphatic carbocycles. The summed E-state index contributed by atoms with van der Waals surface area (Å²) in [5.41, 5.74) is 0. The van der Waals surface area contributed by atoms with E-state index in [4.69, 9.17) is 0 Å². The Balaban J connectivity index is 0. The van der Waals surface area contributed by atoms with Crippen LogP contribution in [-0.2, 0) is 4.57 Å². The van der Waals surface area contributed by atoms with E-state index in [2.05, 4.69) is 24.8 Å². The van der Waals surface area contributed by atoms with Gasteiger partial charge in [0.1, 0.15) is 0 Å². The van der Waals surface area contributed by atoms with Gasteiger partial charge in [-0.25, -0.2) is 0 Å². The average molecular weight is 178 g/mol. The second kappa shape index (κ2) is 7.69. The van der Waals surface area contributed by atoms with Crippen LogP contribution in [0, 0.1) is 0 Å². The molecule has 0 aliphatic heterocycles. The van der Waals surface area contributed by atoms with Crippen molar-refractivity contribution in [2.45, 2.75) is 0 Å². The second-order valence-electron chi connectivity index (χ2n) is 1.76. The number of allylic oxidation sites excluding steroid dienone is 2. The maximum atomic E-state index is 10.7. The quantitative estimate of drug-likeness (QED) is 0.253. The number of hydrogen-bond acceptors (Lipinski definition) is 3. The minimum atomic E-state index is -3.18. The molecule has 0 unspecified atom stereocenters. The zero-order chi connectivity index (χ0) is 9.33. The topological polar surface area (TPSA) is 93.8 Å². The molecule has 0 aliphatic rings. The first kappa shape index (κ1) is 13.2.